The highest BCUT2D eigenvalue weighted by atomic mass is 28.2. The third kappa shape index (κ3) is 3.86. The van der Waals surface area contributed by atoms with Gasteiger partial charge in [-0.15, -0.1) is 0 Å². The smallest absolute Gasteiger partial charge is 0.162 e. The fourth-order valence-electron chi connectivity index (χ4n) is 1.37. The summed E-state index contributed by atoms with van der Waals surface area (Å²) in [4.78, 5) is 2.52. The molecule has 0 spiro atoms. The van der Waals surface area contributed by atoms with Crippen LogP contribution in [0.2, 0.25) is 6.04 Å². The summed E-state index contributed by atoms with van der Waals surface area (Å²) in [5.41, 5.74) is 0. The molecule has 1 saturated heterocycles. The summed E-state index contributed by atoms with van der Waals surface area (Å²) in [6, 6.07) is 1.30. The molecule has 3 nitrogen and oxygen atoms in total. The number of nitrogens with one attached hydrogen (secondary N) is 1. The lowest BCUT2D eigenvalue weighted by atomic mass is 10.4. The molecular formula is C7H18N2OSi. The van der Waals surface area contributed by atoms with Crippen LogP contribution in [0.5, 0.6) is 0 Å². The van der Waals surface area contributed by atoms with E-state index in [1.807, 2.05) is 7.11 Å². The normalized spacial score (nSPS) is 21.5. The van der Waals surface area contributed by atoms with Gasteiger partial charge < -0.3 is 14.6 Å². The Balaban J connectivity index is 1.96. The van der Waals surface area contributed by atoms with Gasteiger partial charge in [0.05, 0.1) is 0 Å². The minimum absolute atomic E-state index is 0.185. The van der Waals surface area contributed by atoms with Gasteiger partial charge in [-0.1, -0.05) is 0 Å². The van der Waals surface area contributed by atoms with Crippen molar-refractivity contribution in [1.29, 1.82) is 0 Å². The van der Waals surface area contributed by atoms with Crippen molar-refractivity contribution in [2.45, 2.75) is 6.04 Å². The summed E-state index contributed by atoms with van der Waals surface area (Å²) in [7, 11) is 1.64. The molecule has 1 aliphatic rings. The molecule has 0 atom stereocenters. The molecule has 1 fully saturated rings. The maximum atomic E-state index is 5.13. The topological polar surface area (TPSA) is 24.5 Å². The zero-order valence-corrected chi connectivity index (χ0v) is 8.72. The van der Waals surface area contributed by atoms with Crippen LogP contribution in [0.15, 0.2) is 0 Å². The van der Waals surface area contributed by atoms with Gasteiger partial charge in [-0.3, -0.25) is 0 Å². The molecule has 4 heteroatoms. The van der Waals surface area contributed by atoms with Crippen LogP contribution in [-0.4, -0.2) is 54.5 Å². The van der Waals surface area contributed by atoms with E-state index in [9.17, 15) is 0 Å². The quantitative estimate of drug-likeness (QED) is 0.439. The van der Waals surface area contributed by atoms with Gasteiger partial charge in [0, 0.05) is 33.3 Å². The number of hydrogen-bond acceptors (Lipinski definition) is 3. The number of rotatable bonds is 4. The van der Waals surface area contributed by atoms with Gasteiger partial charge in [0.2, 0.25) is 0 Å². The zero-order valence-electron chi connectivity index (χ0n) is 7.31. The Morgan fingerprint density at radius 3 is 2.82 bits per heavy atom. The SMILES string of the molecule is CO[SiH2]CCN1CCNCC1. The van der Waals surface area contributed by atoms with E-state index in [2.05, 4.69) is 10.2 Å². The Kier molecular flexibility index (Phi) is 4.77. The molecule has 1 rings (SSSR count). The third-order valence-electron chi connectivity index (χ3n) is 2.03. The Bertz CT molecular complexity index is 96.4. The first-order valence-electron chi connectivity index (χ1n) is 4.35. The molecule has 0 radical (unpaired) electrons. The van der Waals surface area contributed by atoms with Crippen molar-refractivity contribution in [3.8, 4) is 0 Å². The molecule has 66 valence electrons. The van der Waals surface area contributed by atoms with Crippen LogP contribution >= 0.6 is 0 Å². The Morgan fingerprint density at radius 1 is 1.45 bits per heavy atom. The van der Waals surface area contributed by atoms with E-state index in [-0.39, 0.29) is 9.76 Å². The highest BCUT2D eigenvalue weighted by molar-refractivity contribution is 6.27. The molecule has 0 aliphatic carbocycles. The second-order valence-corrected chi connectivity index (χ2v) is 4.63. The number of piperazine rings is 1. The van der Waals surface area contributed by atoms with Crippen LogP contribution in [0.3, 0.4) is 0 Å². The minimum atomic E-state index is -0.185. The molecule has 11 heavy (non-hydrogen) atoms. The first kappa shape index (κ1) is 9.19. The second-order valence-electron chi connectivity index (χ2n) is 2.94. The van der Waals surface area contributed by atoms with Gasteiger partial charge in [-0.25, -0.2) is 0 Å². The molecule has 0 aromatic rings. The van der Waals surface area contributed by atoms with E-state index in [1.54, 1.807) is 0 Å². The summed E-state index contributed by atoms with van der Waals surface area (Å²) in [5.74, 6) is 0. The predicted octanol–water partition coefficient (Wildman–Crippen LogP) is -0.960. The maximum Gasteiger partial charge on any atom is 0.162 e. The Morgan fingerprint density at radius 2 is 2.18 bits per heavy atom. The Hall–Kier alpha value is 0.0969. The molecule has 0 aromatic carbocycles. The number of nitrogens with zero attached hydrogens (tertiary/aromatic N) is 1. The van der Waals surface area contributed by atoms with E-state index in [0.29, 0.717) is 0 Å². The molecule has 1 N–H and O–H groups in total. The van der Waals surface area contributed by atoms with E-state index in [4.69, 9.17) is 4.43 Å². The van der Waals surface area contributed by atoms with Crippen LogP contribution in [0, 0.1) is 0 Å². The van der Waals surface area contributed by atoms with Crippen molar-refractivity contribution in [3.63, 3.8) is 0 Å². The average Bonchev–Trinajstić information content (AvgIpc) is 2.07. The lowest BCUT2D eigenvalue weighted by molar-refractivity contribution is 0.250. The van der Waals surface area contributed by atoms with Gasteiger partial charge in [0.25, 0.3) is 0 Å². The summed E-state index contributed by atoms with van der Waals surface area (Å²) in [5, 5.41) is 3.34. The lowest BCUT2D eigenvalue weighted by Gasteiger charge is -2.26. The summed E-state index contributed by atoms with van der Waals surface area (Å²) in [6.45, 7) is 6.01. The summed E-state index contributed by atoms with van der Waals surface area (Å²) >= 11 is 0. The van der Waals surface area contributed by atoms with Crippen molar-refractivity contribution < 1.29 is 4.43 Å². The fraction of sp³-hybridized carbons (Fsp3) is 1.00. The van der Waals surface area contributed by atoms with E-state index in [0.717, 1.165) is 13.1 Å². The third-order valence-corrected chi connectivity index (χ3v) is 3.05. The second kappa shape index (κ2) is 5.71. The molecule has 0 saturated carbocycles. The highest BCUT2D eigenvalue weighted by Gasteiger charge is 2.07. The Labute approximate surface area is 71.0 Å². The van der Waals surface area contributed by atoms with Crippen LogP contribution in [0.25, 0.3) is 0 Å². The molecule has 0 aromatic heterocycles. The minimum Gasteiger partial charge on any atom is -0.427 e. The van der Waals surface area contributed by atoms with Crippen molar-refractivity contribution in [1.82, 2.24) is 10.2 Å². The van der Waals surface area contributed by atoms with Crippen LogP contribution < -0.4 is 5.32 Å². The molecule has 0 bridgehead atoms. The van der Waals surface area contributed by atoms with Gasteiger partial charge in [-0.2, -0.15) is 0 Å². The fourth-order valence-corrected chi connectivity index (χ4v) is 2.23. The van der Waals surface area contributed by atoms with Gasteiger partial charge >= 0.3 is 0 Å². The highest BCUT2D eigenvalue weighted by Crippen LogP contribution is 1.93. The van der Waals surface area contributed by atoms with Crippen LogP contribution in [0.4, 0.5) is 0 Å². The first-order chi connectivity index (χ1) is 5.43. The van der Waals surface area contributed by atoms with E-state index in [1.165, 1.54) is 25.7 Å². The monoisotopic (exact) mass is 174 g/mol. The summed E-state index contributed by atoms with van der Waals surface area (Å²) in [6.07, 6.45) is 0. The van der Waals surface area contributed by atoms with Crippen LogP contribution in [-0.2, 0) is 4.43 Å². The van der Waals surface area contributed by atoms with E-state index >= 15 is 0 Å². The first-order valence-corrected chi connectivity index (χ1v) is 5.93. The maximum absolute atomic E-state index is 5.13. The van der Waals surface area contributed by atoms with Crippen LogP contribution in [0.1, 0.15) is 0 Å². The molecule has 0 amide bonds. The molecule has 1 aliphatic heterocycles. The number of hydrogen-bond donors (Lipinski definition) is 1. The predicted molar refractivity (Wildman–Crippen MR) is 49.7 cm³/mol. The lowest BCUT2D eigenvalue weighted by Crippen LogP contribution is -2.43. The van der Waals surface area contributed by atoms with Crippen molar-refractivity contribution in [3.05, 3.63) is 0 Å². The molecule has 1 heterocycles. The molecular weight excluding hydrogens is 156 g/mol. The van der Waals surface area contributed by atoms with Crippen molar-refractivity contribution >= 4 is 9.76 Å². The molecule has 0 unspecified atom stereocenters. The van der Waals surface area contributed by atoms with Crippen molar-refractivity contribution in [2.24, 2.45) is 0 Å². The average molecular weight is 174 g/mol. The van der Waals surface area contributed by atoms with Crippen molar-refractivity contribution in [2.75, 3.05) is 39.8 Å². The van der Waals surface area contributed by atoms with Gasteiger partial charge in [0.15, 0.2) is 9.76 Å². The van der Waals surface area contributed by atoms with E-state index < -0.39 is 0 Å². The van der Waals surface area contributed by atoms with Gasteiger partial charge in [-0.05, 0) is 12.6 Å². The standard InChI is InChI=1S/C7H18N2OSi/c1-10-11-7-6-9-4-2-8-3-5-9/h8H,2-7,11H2,1H3. The largest absolute Gasteiger partial charge is 0.427 e. The zero-order chi connectivity index (χ0) is 7.94. The van der Waals surface area contributed by atoms with Gasteiger partial charge in [0.1, 0.15) is 0 Å². The summed E-state index contributed by atoms with van der Waals surface area (Å²) < 4.78 is 5.13.